The summed E-state index contributed by atoms with van der Waals surface area (Å²) in [5.74, 6) is 1.28. The van der Waals surface area contributed by atoms with Crippen LogP contribution in [0.3, 0.4) is 0 Å². The molecule has 0 atom stereocenters. The largest absolute Gasteiger partial charge is 0.354 e. The quantitative estimate of drug-likeness (QED) is 0.664. The van der Waals surface area contributed by atoms with Crippen LogP contribution in [-0.2, 0) is 4.79 Å². The van der Waals surface area contributed by atoms with Gasteiger partial charge in [-0.25, -0.2) is 4.99 Å². The van der Waals surface area contributed by atoms with Crippen LogP contribution in [0.2, 0.25) is 0 Å². The van der Waals surface area contributed by atoms with Crippen molar-refractivity contribution in [2.24, 2.45) is 4.99 Å². The molecule has 0 aromatic heterocycles. The average molecular weight is 253 g/mol. The van der Waals surface area contributed by atoms with Crippen molar-refractivity contribution in [2.45, 2.75) is 51.6 Å². The molecule has 2 heterocycles. The lowest BCUT2D eigenvalue weighted by Gasteiger charge is -2.53. The lowest BCUT2D eigenvalue weighted by molar-refractivity contribution is -0.128. The van der Waals surface area contributed by atoms with E-state index in [9.17, 15) is 4.79 Å². The first-order valence-corrected chi connectivity index (χ1v) is 6.31. The van der Waals surface area contributed by atoms with E-state index in [-0.39, 0.29) is 11.1 Å². The average Bonchev–Trinajstić information content (AvgIpc) is 2.45. The second-order valence-corrected chi connectivity index (χ2v) is 6.43. The van der Waals surface area contributed by atoms with Crippen LogP contribution in [0.5, 0.6) is 0 Å². The van der Waals surface area contributed by atoms with Crippen LogP contribution in [0.25, 0.3) is 0 Å². The van der Waals surface area contributed by atoms with Crippen molar-refractivity contribution in [3.8, 4) is 0 Å². The molecule has 0 radical (unpaired) electrons. The van der Waals surface area contributed by atoms with Gasteiger partial charge in [-0.05, 0) is 39.9 Å². The summed E-state index contributed by atoms with van der Waals surface area (Å²) in [6.07, 6.45) is 1.14. The third kappa shape index (κ3) is 2.20. The van der Waals surface area contributed by atoms with E-state index in [1.807, 2.05) is 0 Å². The maximum Gasteiger partial charge on any atom is 0.194 e. The highest BCUT2D eigenvalue weighted by Gasteiger charge is 2.46. The van der Waals surface area contributed by atoms with E-state index in [1.54, 1.807) is 0 Å². The summed E-state index contributed by atoms with van der Waals surface area (Å²) in [4.78, 5) is 18.4. The molecule has 1 saturated heterocycles. The highest BCUT2D eigenvalue weighted by atomic mass is 32.1. The first-order chi connectivity index (χ1) is 7.72. The lowest BCUT2D eigenvalue weighted by Crippen LogP contribution is -2.63. The van der Waals surface area contributed by atoms with Crippen LogP contribution in [0.1, 0.15) is 40.5 Å². The molecule has 2 rings (SSSR count). The summed E-state index contributed by atoms with van der Waals surface area (Å²) >= 11 is 5.05. The molecule has 17 heavy (non-hydrogen) atoms. The molecule has 5 heteroatoms. The minimum Gasteiger partial charge on any atom is -0.354 e. The molecule has 0 spiro atoms. The number of ketones is 1. The number of amidine groups is 1. The third-order valence-corrected chi connectivity index (χ3v) is 3.59. The molecule has 1 fully saturated rings. The number of Topliss-reactive ketones (excluding diaryl/α,β-unsaturated/α-hetero) is 1. The van der Waals surface area contributed by atoms with Gasteiger partial charge in [-0.15, -0.1) is 0 Å². The molecule has 1 N–H and O–H groups in total. The van der Waals surface area contributed by atoms with Crippen molar-refractivity contribution < 1.29 is 4.79 Å². The fourth-order valence-corrected chi connectivity index (χ4v) is 3.36. The van der Waals surface area contributed by atoms with Crippen LogP contribution >= 0.6 is 12.2 Å². The molecule has 0 unspecified atom stereocenters. The first kappa shape index (κ1) is 12.5. The summed E-state index contributed by atoms with van der Waals surface area (Å²) in [6.45, 7) is 9.04. The summed E-state index contributed by atoms with van der Waals surface area (Å²) in [7, 11) is 0. The van der Waals surface area contributed by atoms with Crippen LogP contribution in [0.4, 0.5) is 0 Å². The molecule has 0 bridgehead atoms. The van der Waals surface area contributed by atoms with Crippen LogP contribution in [0.15, 0.2) is 4.99 Å². The molecule has 0 amide bonds. The number of hydrogen-bond acceptors (Lipinski definition) is 3. The molecular formula is C12H19N3OS. The highest BCUT2D eigenvalue weighted by Crippen LogP contribution is 2.37. The number of carbonyl (C=O) groups excluding carboxylic acids is 1. The third-order valence-electron chi connectivity index (χ3n) is 3.36. The van der Waals surface area contributed by atoms with E-state index < -0.39 is 0 Å². The van der Waals surface area contributed by atoms with Crippen molar-refractivity contribution >= 4 is 28.9 Å². The number of aliphatic imine (C=N–C) groups is 1. The number of likely N-dealkylation sites (tertiary alicyclic amines) is 1. The van der Waals surface area contributed by atoms with Crippen molar-refractivity contribution in [3.05, 3.63) is 0 Å². The van der Waals surface area contributed by atoms with Gasteiger partial charge in [0.1, 0.15) is 11.6 Å². The number of carbonyl (C=O) groups is 1. The van der Waals surface area contributed by atoms with Gasteiger partial charge < -0.3 is 10.2 Å². The van der Waals surface area contributed by atoms with Gasteiger partial charge in [-0.1, -0.05) is 0 Å². The Morgan fingerprint density at radius 2 is 1.76 bits per heavy atom. The highest BCUT2D eigenvalue weighted by molar-refractivity contribution is 7.80. The van der Waals surface area contributed by atoms with E-state index in [4.69, 9.17) is 12.2 Å². The Morgan fingerprint density at radius 3 is 2.18 bits per heavy atom. The zero-order chi connectivity index (χ0) is 12.8. The molecule has 2 aliphatic heterocycles. The van der Waals surface area contributed by atoms with Gasteiger partial charge in [0.2, 0.25) is 0 Å². The van der Waals surface area contributed by atoms with Crippen LogP contribution in [-0.4, -0.2) is 39.3 Å². The molecule has 0 aromatic carbocycles. The number of hydrogen-bond donors (Lipinski definition) is 1. The van der Waals surface area contributed by atoms with Crippen molar-refractivity contribution in [2.75, 3.05) is 6.54 Å². The van der Waals surface area contributed by atoms with Gasteiger partial charge >= 0.3 is 0 Å². The summed E-state index contributed by atoms with van der Waals surface area (Å²) < 4.78 is 0. The van der Waals surface area contributed by atoms with Crippen molar-refractivity contribution in [3.63, 3.8) is 0 Å². The van der Waals surface area contributed by atoms with Crippen molar-refractivity contribution in [1.82, 2.24) is 10.2 Å². The second kappa shape index (κ2) is 3.77. The van der Waals surface area contributed by atoms with E-state index in [2.05, 4.69) is 42.9 Å². The molecule has 94 valence electrons. The van der Waals surface area contributed by atoms with Gasteiger partial charge in [0.05, 0.1) is 6.54 Å². The smallest absolute Gasteiger partial charge is 0.194 e. The molecule has 2 aliphatic rings. The van der Waals surface area contributed by atoms with E-state index >= 15 is 0 Å². The molecular weight excluding hydrogens is 234 g/mol. The van der Waals surface area contributed by atoms with Gasteiger partial charge in [-0.3, -0.25) is 4.79 Å². The SMILES string of the molecule is CC1(C)CC(=O)CC(C)(C)N1C1=NC(=S)NC1. The lowest BCUT2D eigenvalue weighted by atomic mass is 9.79. The normalized spacial score (nSPS) is 26.8. The Morgan fingerprint density at radius 1 is 1.24 bits per heavy atom. The number of nitrogens with zero attached hydrogens (tertiary/aromatic N) is 2. The minimum absolute atomic E-state index is 0.195. The fourth-order valence-electron chi connectivity index (χ4n) is 3.18. The predicted octanol–water partition coefficient (Wildman–Crippen LogP) is 1.50. The Labute approximate surface area is 107 Å². The maximum absolute atomic E-state index is 11.8. The fraction of sp³-hybridized carbons (Fsp3) is 0.750. The number of rotatable bonds is 0. The van der Waals surface area contributed by atoms with Crippen LogP contribution in [0, 0.1) is 0 Å². The van der Waals surface area contributed by atoms with E-state index in [0.29, 0.717) is 30.3 Å². The molecule has 0 aliphatic carbocycles. The monoisotopic (exact) mass is 253 g/mol. The van der Waals surface area contributed by atoms with E-state index in [0.717, 1.165) is 5.84 Å². The summed E-state index contributed by atoms with van der Waals surface area (Å²) in [6, 6.07) is 0. The zero-order valence-electron chi connectivity index (χ0n) is 10.8. The Kier molecular flexibility index (Phi) is 2.77. The summed E-state index contributed by atoms with van der Waals surface area (Å²) in [5.41, 5.74) is -0.390. The Bertz CT molecular complexity index is 392. The van der Waals surface area contributed by atoms with Gasteiger partial charge in [0, 0.05) is 23.9 Å². The standard InChI is InChI=1S/C12H19N3OS/c1-11(2)5-8(16)6-12(3,4)15(11)9-7-13-10(17)14-9/h5-7H2,1-4H3,(H,13,17). The number of nitrogens with one attached hydrogen (secondary N) is 1. The topological polar surface area (TPSA) is 44.7 Å². The summed E-state index contributed by atoms with van der Waals surface area (Å²) in [5, 5.41) is 3.60. The number of piperidine rings is 1. The Hall–Kier alpha value is -0.970. The maximum atomic E-state index is 11.8. The molecule has 4 nitrogen and oxygen atoms in total. The van der Waals surface area contributed by atoms with Crippen molar-refractivity contribution in [1.29, 1.82) is 0 Å². The van der Waals surface area contributed by atoms with Crippen LogP contribution < -0.4 is 5.32 Å². The predicted molar refractivity (Wildman–Crippen MR) is 72.3 cm³/mol. The molecule has 0 saturated carbocycles. The van der Waals surface area contributed by atoms with Gasteiger partial charge in [-0.2, -0.15) is 0 Å². The number of thiocarbonyl (C=S) groups is 1. The van der Waals surface area contributed by atoms with Gasteiger partial charge in [0.25, 0.3) is 0 Å². The van der Waals surface area contributed by atoms with E-state index in [1.165, 1.54) is 0 Å². The van der Waals surface area contributed by atoms with Gasteiger partial charge in [0.15, 0.2) is 5.11 Å². The first-order valence-electron chi connectivity index (χ1n) is 5.90. The zero-order valence-corrected chi connectivity index (χ0v) is 11.6. The second-order valence-electron chi connectivity index (χ2n) is 6.04. The minimum atomic E-state index is -0.195. The Balaban J connectivity index is 2.38. The molecule has 0 aromatic rings.